The molecule has 21 heavy (non-hydrogen) atoms. The molecular weight excluding hydrogens is 268 g/mol. The maximum atomic E-state index is 8.97. The molecule has 0 radical (unpaired) electrons. The summed E-state index contributed by atoms with van der Waals surface area (Å²) in [5.41, 5.74) is 1.65. The number of nitrogens with zero attached hydrogens (tertiary/aromatic N) is 4. The molecule has 0 aromatic carbocycles. The number of anilines is 1. The molecule has 1 aliphatic rings. The summed E-state index contributed by atoms with van der Waals surface area (Å²) in [6.45, 7) is 4.41. The second-order valence-corrected chi connectivity index (χ2v) is 5.12. The van der Waals surface area contributed by atoms with Crippen LogP contribution in [0.2, 0.25) is 0 Å². The Hall–Kier alpha value is -2.33. The Morgan fingerprint density at radius 3 is 3.24 bits per heavy atom. The van der Waals surface area contributed by atoms with Crippen LogP contribution in [0.1, 0.15) is 30.6 Å². The van der Waals surface area contributed by atoms with Crippen molar-refractivity contribution in [1.82, 2.24) is 20.0 Å². The molecule has 7 heteroatoms. The van der Waals surface area contributed by atoms with Gasteiger partial charge >= 0.3 is 0 Å². The minimum absolute atomic E-state index is 0.0613. The average molecular weight is 286 g/mol. The SMILES string of the molecule is CCn1cc([C@H]2OCC[C@@H]2CNc2[nH]ncc2C#N)cn1. The number of H-pyrrole nitrogens is 1. The van der Waals surface area contributed by atoms with Gasteiger partial charge in [0.2, 0.25) is 0 Å². The number of hydrogen-bond donors (Lipinski definition) is 2. The van der Waals surface area contributed by atoms with Gasteiger partial charge in [-0.05, 0) is 13.3 Å². The van der Waals surface area contributed by atoms with E-state index in [1.54, 1.807) is 0 Å². The summed E-state index contributed by atoms with van der Waals surface area (Å²) < 4.78 is 7.76. The number of aromatic amines is 1. The van der Waals surface area contributed by atoms with Crippen molar-refractivity contribution in [2.75, 3.05) is 18.5 Å². The third-order valence-corrected chi connectivity index (χ3v) is 3.82. The van der Waals surface area contributed by atoms with E-state index < -0.39 is 0 Å². The molecule has 0 bridgehead atoms. The highest BCUT2D eigenvalue weighted by Gasteiger charge is 2.30. The van der Waals surface area contributed by atoms with Gasteiger partial charge in [-0.2, -0.15) is 15.5 Å². The van der Waals surface area contributed by atoms with Crippen LogP contribution in [0.3, 0.4) is 0 Å². The van der Waals surface area contributed by atoms with E-state index in [0.717, 1.165) is 31.7 Å². The predicted octanol–water partition coefficient (Wildman–Crippen LogP) is 1.69. The Kier molecular flexibility index (Phi) is 3.88. The van der Waals surface area contributed by atoms with Gasteiger partial charge in [-0.1, -0.05) is 0 Å². The molecule has 3 heterocycles. The molecule has 3 rings (SSSR count). The Morgan fingerprint density at radius 2 is 2.48 bits per heavy atom. The zero-order valence-electron chi connectivity index (χ0n) is 11.9. The maximum Gasteiger partial charge on any atom is 0.139 e. The number of aryl methyl sites for hydroxylation is 1. The summed E-state index contributed by atoms with van der Waals surface area (Å²) in [5.74, 6) is 1.03. The lowest BCUT2D eigenvalue weighted by Gasteiger charge is -2.17. The molecule has 0 aliphatic carbocycles. The number of rotatable bonds is 5. The highest BCUT2D eigenvalue weighted by Crippen LogP contribution is 2.34. The Labute approximate surface area is 122 Å². The van der Waals surface area contributed by atoms with Crippen LogP contribution in [-0.4, -0.2) is 33.1 Å². The summed E-state index contributed by atoms with van der Waals surface area (Å²) in [4.78, 5) is 0. The smallest absolute Gasteiger partial charge is 0.139 e. The summed E-state index contributed by atoms with van der Waals surface area (Å²) >= 11 is 0. The minimum atomic E-state index is 0.0613. The van der Waals surface area contributed by atoms with E-state index in [9.17, 15) is 0 Å². The fourth-order valence-corrected chi connectivity index (χ4v) is 2.65. The lowest BCUT2D eigenvalue weighted by Crippen LogP contribution is -2.18. The molecule has 0 amide bonds. The summed E-state index contributed by atoms with van der Waals surface area (Å²) in [6.07, 6.45) is 6.50. The van der Waals surface area contributed by atoms with Gasteiger partial charge in [0.25, 0.3) is 0 Å². The first-order valence-electron chi connectivity index (χ1n) is 7.13. The van der Waals surface area contributed by atoms with Crippen LogP contribution in [0.5, 0.6) is 0 Å². The minimum Gasteiger partial charge on any atom is -0.373 e. The van der Waals surface area contributed by atoms with E-state index in [-0.39, 0.29) is 6.10 Å². The van der Waals surface area contributed by atoms with Crippen molar-refractivity contribution in [2.45, 2.75) is 26.0 Å². The van der Waals surface area contributed by atoms with Crippen LogP contribution < -0.4 is 5.32 Å². The first-order valence-corrected chi connectivity index (χ1v) is 7.13. The summed E-state index contributed by atoms with van der Waals surface area (Å²) in [7, 11) is 0. The van der Waals surface area contributed by atoms with E-state index in [4.69, 9.17) is 10.00 Å². The zero-order chi connectivity index (χ0) is 14.7. The van der Waals surface area contributed by atoms with Gasteiger partial charge in [0.05, 0.1) is 18.5 Å². The van der Waals surface area contributed by atoms with Gasteiger partial charge in [-0.15, -0.1) is 0 Å². The first kappa shape index (κ1) is 13.6. The fraction of sp³-hybridized carbons (Fsp3) is 0.500. The van der Waals surface area contributed by atoms with Crippen LogP contribution in [0, 0.1) is 17.2 Å². The number of nitrogens with one attached hydrogen (secondary N) is 2. The van der Waals surface area contributed by atoms with Gasteiger partial charge in [0.1, 0.15) is 17.5 Å². The van der Waals surface area contributed by atoms with E-state index in [2.05, 4.69) is 33.6 Å². The highest BCUT2D eigenvalue weighted by molar-refractivity contribution is 5.50. The van der Waals surface area contributed by atoms with Crippen LogP contribution in [0.25, 0.3) is 0 Å². The highest BCUT2D eigenvalue weighted by atomic mass is 16.5. The monoisotopic (exact) mass is 286 g/mol. The van der Waals surface area contributed by atoms with Crippen molar-refractivity contribution >= 4 is 5.82 Å². The van der Waals surface area contributed by atoms with Crippen molar-refractivity contribution in [1.29, 1.82) is 5.26 Å². The van der Waals surface area contributed by atoms with Crippen LogP contribution >= 0.6 is 0 Å². The number of hydrogen-bond acceptors (Lipinski definition) is 5. The van der Waals surface area contributed by atoms with Gasteiger partial charge in [0.15, 0.2) is 0 Å². The molecule has 0 saturated carbocycles. The summed E-state index contributed by atoms with van der Waals surface area (Å²) in [5, 5.41) is 23.2. The topological polar surface area (TPSA) is 91.5 Å². The van der Waals surface area contributed by atoms with Gasteiger partial charge < -0.3 is 10.1 Å². The molecule has 7 nitrogen and oxygen atoms in total. The van der Waals surface area contributed by atoms with E-state index in [0.29, 0.717) is 17.3 Å². The summed E-state index contributed by atoms with van der Waals surface area (Å²) in [6, 6.07) is 2.10. The van der Waals surface area contributed by atoms with Crippen LogP contribution in [0.15, 0.2) is 18.6 Å². The predicted molar refractivity (Wildman–Crippen MR) is 76.5 cm³/mol. The molecule has 1 fully saturated rings. The fourth-order valence-electron chi connectivity index (χ4n) is 2.65. The van der Waals surface area contributed by atoms with E-state index in [1.165, 1.54) is 6.20 Å². The third kappa shape index (κ3) is 2.76. The maximum absolute atomic E-state index is 8.97. The molecule has 0 spiro atoms. The Morgan fingerprint density at radius 1 is 1.57 bits per heavy atom. The van der Waals surface area contributed by atoms with Crippen molar-refractivity contribution in [3.63, 3.8) is 0 Å². The van der Waals surface area contributed by atoms with Gasteiger partial charge in [-0.25, -0.2) is 0 Å². The van der Waals surface area contributed by atoms with Crippen LogP contribution in [0.4, 0.5) is 5.82 Å². The van der Waals surface area contributed by atoms with Crippen molar-refractivity contribution in [2.24, 2.45) is 5.92 Å². The number of ether oxygens (including phenoxy) is 1. The second-order valence-electron chi connectivity index (χ2n) is 5.12. The largest absolute Gasteiger partial charge is 0.373 e. The molecule has 2 aromatic heterocycles. The van der Waals surface area contributed by atoms with Gasteiger partial charge in [-0.3, -0.25) is 9.78 Å². The lowest BCUT2D eigenvalue weighted by molar-refractivity contribution is 0.0932. The number of nitriles is 1. The average Bonchev–Trinajstić information content (AvgIpc) is 3.23. The Balaban J connectivity index is 1.66. The third-order valence-electron chi connectivity index (χ3n) is 3.82. The lowest BCUT2D eigenvalue weighted by atomic mass is 9.97. The van der Waals surface area contributed by atoms with Crippen LogP contribution in [-0.2, 0) is 11.3 Å². The quantitative estimate of drug-likeness (QED) is 0.872. The van der Waals surface area contributed by atoms with E-state index >= 15 is 0 Å². The molecule has 2 aromatic rings. The number of aromatic nitrogens is 4. The first-order chi connectivity index (χ1) is 10.3. The molecule has 2 N–H and O–H groups in total. The molecule has 0 unspecified atom stereocenters. The Bertz CT molecular complexity index is 640. The van der Waals surface area contributed by atoms with Crippen molar-refractivity contribution in [3.8, 4) is 6.07 Å². The van der Waals surface area contributed by atoms with Crippen molar-refractivity contribution < 1.29 is 4.74 Å². The zero-order valence-corrected chi connectivity index (χ0v) is 11.9. The molecule has 2 atom stereocenters. The van der Waals surface area contributed by atoms with Crippen molar-refractivity contribution in [3.05, 3.63) is 29.7 Å². The van der Waals surface area contributed by atoms with Gasteiger partial charge in [0, 0.05) is 37.4 Å². The van der Waals surface area contributed by atoms with E-state index in [1.807, 2.05) is 17.1 Å². The normalized spacial score (nSPS) is 21.3. The second kappa shape index (κ2) is 5.97. The molecule has 1 aliphatic heterocycles. The molecule has 1 saturated heterocycles. The molecular formula is C14H18N6O. The standard InChI is InChI=1S/C14H18N6O/c1-2-20-9-12(8-18-20)13-10(3-4-21-13)6-16-14-11(5-15)7-17-19-14/h7-10,13H,2-4,6H2,1H3,(H2,16,17,19)/t10-,13+/m1/s1. The molecule has 110 valence electrons.